The summed E-state index contributed by atoms with van der Waals surface area (Å²) in [5, 5.41) is 13.2. The first kappa shape index (κ1) is 17.7. The summed E-state index contributed by atoms with van der Waals surface area (Å²) < 4.78 is 0. The van der Waals surface area contributed by atoms with Gasteiger partial charge in [0.1, 0.15) is 5.00 Å². The summed E-state index contributed by atoms with van der Waals surface area (Å²) in [7, 11) is 0. The molecule has 0 saturated carbocycles. The van der Waals surface area contributed by atoms with Gasteiger partial charge >= 0.3 is 0 Å². The normalized spacial score (nSPS) is 17.4. The number of anilines is 1. The molecule has 0 radical (unpaired) electrons. The number of aromatic nitrogens is 1. The maximum absolute atomic E-state index is 12.5. The fraction of sp³-hybridized carbons (Fsp3) is 0.400. The Morgan fingerprint density at radius 1 is 1.60 bits per heavy atom. The van der Waals surface area contributed by atoms with E-state index < -0.39 is 0 Å². The maximum Gasteiger partial charge on any atom is 0.225 e. The minimum atomic E-state index is -0.0369. The van der Waals surface area contributed by atoms with Crippen LogP contribution in [-0.4, -0.2) is 22.6 Å². The smallest absolute Gasteiger partial charge is 0.225 e. The van der Waals surface area contributed by atoms with Crippen LogP contribution in [0.3, 0.4) is 0 Å². The van der Waals surface area contributed by atoms with Crippen molar-refractivity contribution >= 4 is 22.2 Å². The minimum absolute atomic E-state index is 0.0369. The van der Waals surface area contributed by atoms with Crippen molar-refractivity contribution in [2.45, 2.75) is 38.5 Å². The van der Waals surface area contributed by atoms with Crippen LogP contribution in [0.1, 0.15) is 47.3 Å². The number of carbonyl (C=O) groups excluding carboxylic acids is 1. The second-order valence-corrected chi connectivity index (χ2v) is 7.69. The topological polar surface area (TPSA) is 62.2 Å². The highest BCUT2D eigenvalue weighted by molar-refractivity contribution is 7.16. The van der Waals surface area contributed by atoms with Crippen LogP contribution in [0.25, 0.3) is 0 Å². The summed E-state index contributed by atoms with van der Waals surface area (Å²) in [5.74, 6) is 3.10. The van der Waals surface area contributed by atoms with Gasteiger partial charge in [0.05, 0.1) is 5.56 Å². The van der Waals surface area contributed by atoms with E-state index in [1.807, 2.05) is 19.1 Å². The molecule has 2 atom stereocenters. The van der Waals surface area contributed by atoms with Crippen molar-refractivity contribution in [3.05, 3.63) is 46.1 Å². The van der Waals surface area contributed by atoms with Crippen molar-refractivity contribution in [1.29, 1.82) is 0 Å². The van der Waals surface area contributed by atoms with Gasteiger partial charge in [-0.3, -0.25) is 9.78 Å². The molecule has 3 rings (SSSR count). The van der Waals surface area contributed by atoms with E-state index in [2.05, 4.69) is 16.2 Å². The van der Waals surface area contributed by atoms with E-state index in [0.29, 0.717) is 12.3 Å². The molecule has 4 nitrogen and oxygen atoms in total. The quantitative estimate of drug-likeness (QED) is 0.810. The monoisotopic (exact) mass is 354 g/mol. The standard InChI is InChI=1S/C20H22N2O2S/c1-3-16-17-7-6-14(12-23)10-18(17)25-20(16)22-19(24)9-13(2)15-5-4-8-21-11-15/h1,4-5,8,11,13-14,23H,6-7,9-10,12H2,2H3,(H,22,24). The molecule has 130 valence electrons. The molecule has 2 aromatic heterocycles. The number of rotatable bonds is 5. The van der Waals surface area contributed by atoms with E-state index in [-0.39, 0.29) is 18.4 Å². The molecule has 5 heteroatoms. The third-order valence-corrected chi connectivity index (χ3v) is 5.94. The second-order valence-electron chi connectivity index (χ2n) is 6.58. The Balaban J connectivity index is 1.71. The average molecular weight is 354 g/mol. The van der Waals surface area contributed by atoms with Gasteiger partial charge in [-0.15, -0.1) is 17.8 Å². The van der Waals surface area contributed by atoms with E-state index >= 15 is 0 Å². The molecule has 2 aromatic rings. The largest absolute Gasteiger partial charge is 0.396 e. The molecule has 1 amide bonds. The molecule has 1 aliphatic carbocycles. The second kappa shape index (κ2) is 7.81. The molecule has 0 spiro atoms. The Bertz CT molecular complexity index is 792. The number of pyridine rings is 1. The number of thiophene rings is 1. The Morgan fingerprint density at radius 3 is 3.12 bits per heavy atom. The van der Waals surface area contributed by atoms with Gasteiger partial charge in [-0.2, -0.15) is 0 Å². The maximum atomic E-state index is 12.5. The minimum Gasteiger partial charge on any atom is -0.396 e. The van der Waals surface area contributed by atoms with Gasteiger partial charge in [-0.25, -0.2) is 0 Å². The highest BCUT2D eigenvalue weighted by atomic mass is 32.1. The first-order valence-corrected chi connectivity index (χ1v) is 9.35. The molecule has 0 bridgehead atoms. The Labute approximate surface area is 152 Å². The number of aliphatic hydroxyl groups excluding tert-OH is 1. The third kappa shape index (κ3) is 3.92. The number of carbonyl (C=O) groups is 1. The zero-order valence-corrected chi connectivity index (χ0v) is 15.1. The summed E-state index contributed by atoms with van der Waals surface area (Å²) in [6.07, 6.45) is 12.3. The lowest BCUT2D eigenvalue weighted by Crippen LogP contribution is -2.16. The number of amides is 1. The first-order chi connectivity index (χ1) is 12.1. The molecule has 0 aliphatic heterocycles. The first-order valence-electron chi connectivity index (χ1n) is 8.54. The van der Waals surface area contributed by atoms with Crippen molar-refractivity contribution in [3.63, 3.8) is 0 Å². The third-order valence-electron chi connectivity index (χ3n) is 4.77. The van der Waals surface area contributed by atoms with Crippen molar-refractivity contribution in [3.8, 4) is 12.3 Å². The fourth-order valence-corrected chi connectivity index (χ4v) is 4.63. The summed E-state index contributed by atoms with van der Waals surface area (Å²) in [4.78, 5) is 17.8. The van der Waals surface area contributed by atoms with E-state index in [1.165, 1.54) is 10.4 Å². The van der Waals surface area contributed by atoms with E-state index in [1.54, 1.807) is 23.7 Å². The highest BCUT2D eigenvalue weighted by Gasteiger charge is 2.25. The lowest BCUT2D eigenvalue weighted by atomic mass is 9.88. The van der Waals surface area contributed by atoms with E-state index in [9.17, 15) is 9.90 Å². The predicted octanol–water partition coefficient (Wildman–Crippen LogP) is 3.35. The number of terminal acetylenes is 1. The Morgan fingerprint density at radius 2 is 2.44 bits per heavy atom. The van der Waals surface area contributed by atoms with Crippen LogP contribution < -0.4 is 5.32 Å². The lowest BCUT2D eigenvalue weighted by Gasteiger charge is -2.19. The van der Waals surface area contributed by atoms with Gasteiger partial charge in [-0.05, 0) is 48.3 Å². The zero-order valence-electron chi connectivity index (χ0n) is 14.3. The van der Waals surface area contributed by atoms with Crippen LogP contribution in [0, 0.1) is 18.3 Å². The molecule has 2 N–H and O–H groups in total. The number of fused-ring (bicyclic) bond motifs is 1. The van der Waals surface area contributed by atoms with Crippen LogP contribution in [0.2, 0.25) is 0 Å². The van der Waals surface area contributed by atoms with E-state index in [0.717, 1.165) is 35.4 Å². The van der Waals surface area contributed by atoms with Gasteiger partial charge in [-0.1, -0.05) is 18.9 Å². The average Bonchev–Trinajstić information content (AvgIpc) is 2.97. The SMILES string of the molecule is C#Cc1c(NC(=O)CC(C)c2cccnc2)sc2c1CCC(CO)C2. The molecule has 25 heavy (non-hydrogen) atoms. The number of hydrogen-bond acceptors (Lipinski definition) is 4. The number of nitrogens with one attached hydrogen (secondary N) is 1. The van der Waals surface area contributed by atoms with Crippen molar-refractivity contribution in [2.24, 2.45) is 5.92 Å². The molecular formula is C20H22N2O2S. The molecule has 2 heterocycles. The van der Waals surface area contributed by atoms with Gasteiger partial charge < -0.3 is 10.4 Å². The lowest BCUT2D eigenvalue weighted by molar-refractivity contribution is -0.116. The summed E-state index contributed by atoms with van der Waals surface area (Å²) >= 11 is 1.56. The predicted molar refractivity (Wildman–Crippen MR) is 101 cm³/mol. The fourth-order valence-electron chi connectivity index (χ4n) is 3.29. The molecule has 1 aliphatic rings. The van der Waals surface area contributed by atoms with Gasteiger partial charge in [0.25, 0.3) is 0 Å². The summed E-state index contributed by atoms with van der Waals surface area (Å²) in [5.41, 5.74) is 3.04. The Kier molecular flexibility index (Phi) is 5.52. The Hall–Kier alpha value is -2.16. The van der Waals surface area contributed by atoms with Crippen LogP contribution >= 0.6 is 11.3 Å². The van der Waals surface area contributed by atoms with Crippen molar-refractivity contribution < 1.29 is 9.90 Å². The molecule has 2 unspecified atom stereocenters. The van der Waals surface area contributed by atoms with Crippen LogP contribution in [0.5, 0.6) is 0 Å². The van der Waals surface area contributed by atoms with Crippen LogP contribution in [0.4, 0.5) is 5.00 Å². The van der Waals surface area contributed by atoms with Crippen LogP contribution in [-0.2, 0) is 17.6 Å². The molecule has 0 aromatic carbocycles. The molecule has 0 saturated heterocycles. The van der Waals surface area contributed by atoms with E-state index in [4.69, 9.17) is 6.42 Å². The number of aliphatic hydroxyl groups is 1. The van der Waals surface area contributed by atoms with Gasteiger partial charge in [0.15, 0.2) is 0 Å². The zero-order chi connectivity index (χ0) is 17.8. The molecule has 0 fully saturated rings. The van der Waals surface area contributed by atoms with Crippen molar-refractivity contribution in [2.75, 3.05) is 11.9 Å². The molecular weight excluding hydrogens is 332 g/mol. The highest BCUT2D eigenvalue weighted by Crippen LogP contribution is 2.39. The number of nitrogens with zero attached hydrogens (tertiary/aromatic N) is 1. The summed E-state index contributed by atoms with van der Waals surface area (Å²) in [6, 6.07) is 3.86. The van der Waals surface area contributed by atoms with Gasteiger partial charge in [0, 0.05) is 30.3 Å². The summed E-state index contributed by atoms with van der Waals surface area (Å²) in [6.45, 7) is 2.22. The van der Waals surface area contributed by atoms with Crippen molar-refractivity contribution in [1.82, 2.24) is 4.98 Å². The number of hydrogen-bond donors (Lipinski definition) is 2. The van der Waals surface area contributed by atoms with Crippen LogP contribution in [0.15, 0.2) is 24.5 Å². The van der Waals surface area contributed by atoms with Gasteiger partial charge in [0.2, 0.25) is 5.91 Å².